The van der Waals surface area contributed by atoms with Crippen molar-refractivity contribution in [1.29, 1.82) is 0 Å². The zero-order chi connectivity index (χ0) is 18.3. The fraction of sp³-hybridized carbons (Fsp3) is 0.381. The predicted molar refractivity (Wildman–Crippen MR) is 103 cm³/mol. The monoisotopic (exact) mass is 340 g/mol. The summed E-state index contributed by atoms with van der Waals surface area (Å²) in [5, 5.41) is 6.33. The first-order chi connectivity index (χ1) is 11.9. The van der Waals surface area contributed by atoms with Crippen molar-refractivity contribution in [2.24, 2.45) is 0 Å². The smallest absolute Gasteiger partial charge is 0.222 e. The lowest BCUT2D eigenvalue weighted by Gasteiger charge is -2.23. The topological polar surface area (TPSA) is 50.4 Å². The molecule has 134 valence electrons. The van der Waals surface area contributed by atoms with Crippen LogP contribution in [0, 0.1) is 0 Å². The maximum Gasteiger partial charge on any atom is 0.222 e. The van der Waals surface area contributed by atoms with Gasteiger partial charge in [-0.3, -0.25) is 4.79 Å². The van der Waals surface area contributed by atoms with Gasteiger partial charge >= 0.3 is 0 Å². The van der Waals surface area contributed by atoms with Gasteiger partial charge in [-0.2, -0.15) is 0 Å². The highest BCUT2D eigenvalue weighted by molar-refractivity contribution is 5.76. The van der Waals surface area contributed by atoms with E-state index in [1.165, 1.54) is 5.56 Å². The molecule has 0 aliphatic carbocycles. The minimum atomic E-state index is 0.0385. The maximum absolute atomic E-state index is 12.0. The van der Waals surface area contributed by atoms with E-state index in [0.717, 1.165) is 17.0 Å². The quantitative estimate of drug-likeness (QED) is 0.797. The number of carbonyl (C=O) groups excluding carboxylic acids is 1. The first-order valence-corrected chi connectivity index (χ1v) is 8.63. The number of ether oxygens (including phenoxy) is 1. The Kier molecular flexibility index (Phi) is 6.45. The Morgan fingerprint density at radius 1 is 1.04 bits per heavy atom. The Balaban J connectivity index is 1.79. The fourth-order valence-electron chi connectivity index (χ4n) is 2.63. The van der Waals surface area contributed by atoms with Crippen LogP contribution in [0.4, 0.5) is 5.69 Å². The van der Waals surface area contributed by atoms with Crippen molar-refractivity contribution >= 4 is 11.6 Å². The summed E-state index contributed by atoms with van der Waals surface area (Å²) in [4.78, 5) is 12.0. The predicted octanol–water partition coefficient (Wildman–Crippen LogP) is 4.11. The minimum absolute atomic E-state index is 0.0385. The Morgan fingerprint density at radius 2 is 1.72 bits per heavy atom. The van der Waals surface area contributed by atoms with Gasteiger partial charge in [0.2, 0.25) is 5.91 Å². The van der Waals surface area contributed by atoms with Crippen LogP contribution in [0.3, 0.4) is 0 Å². The Hall–Kier alpha value is -2.49. The molecule has 0 unspecified atom stereocenters. The molecule has 4 nitrogen and oxygen atoms in total. The van der Waals surface area contributed by atoms with Gasteiger partial charge in [0.05, 0.1) is 7.11 Å². The molecular weight excluding hydrogens is 312 g/mol. The fourth-order valence-corrected chi connectivity index (χ4v) is 2.63. The van der Waals surface area contributed by atoms with E-state index in [4.69, 9.17) is 4.74 Å². The highest BCUT2D eigenvalue weighted by Crippen LogP contribution is 2.29. The molecule has 0 aromatic heterocycles. The molecule has 0 aliphatic rings. The molecule has 0 bridgehead atoms. The molecule has 25 heavy (non-hydrogen) atoms. The van der Waals surface area contributed by atoms with Crippen molar-refractivity contribution in [1.82, 2.24) is 5.32 Å². The van der Waals surface area contributed by atoms with Gasteiger partial charge in [0.15, 0.2) is 0 Å². The zero-order valence-electron chi connectivity index (χ0n) is 15.6. The molecule has 0 radical (unpaired) electrons. The summed E-state index contributed by atoms with van der Waals surface area (Å²) in [6, 6.07) is 16.0. The SMILES string of the molecule is COc1ccc(CNC(=O)CCNc2ccccc2C(C)(C)C)cc1. The third kappa shape index (κ3) is 5.82. The summed E-state index contributed by atoms with van der Waals surface area (Å²) in [7, 11) is 1.64. The number of methoxy groups -OCH3 is 1. The summed E-state index contributed by atoms with van der Waals surface area (Å²) in [6.45, 7) is 7.71. The summed E-state index contributed by atoms with van der Waals surface area (Å²) < 4.78 is 5.13. The van der Waals surface area contributed by atoms with Crippen molar-refractivity contribution in [3.63, 3.8) is 0 Å². The Bertz CT molecular complexity index is 688. The first-order valence-electron chi connectivity index (χ1n) is 8.63. The number of nitrogens with one attached hydrogen (secondary N) is 2. The van der Waals surface area contributed by atoms with Gasteiger partial charge < -0.3 is 15.4 Å². The molecule has 0 spiro atoms. The molecular formula is C21H28N2O2. The third-order valence-corrected chi connectivity index (χ3v) is 4.05. The molecule has 0 heterocycles. The molecule has 0 fully saturated rings. The number of rotatable bonds is 7. The molecule has 0 saturated heterocycles. The van der Waals surface area contributed by atoms with E-state index in [9.17, 15) is 4.79 Å². The van der Waals surface area contributed by atoms with Crippen LogP contribution in [0.2, 0.25) is 0 Å². The standard InChI is InChI=1S/C21H28N2O2/c1-21(2,3)18-7-5-6-8-19(18)22-14-13-20(24)23-15-16-9-11-17(25-4)12-10-16/h5-12,22H,13-15H2,1-4H3,(H,23,24). The van der Waals surface area contributed by atoms with Crippen molar-refractivity contribution in [2.45, 2.75) is 39.2 Å². The van der Waals surface area contributed by atoms with Gasteiger partial charge in [0.1, 0.15) is 5.75 Å². The van der Waals surface area contributed by atoms with E-state index < -0.39 is 0 Å². The molecule has 2 rings (SSSR count). The number of benzene rings is 2. The molecule has 2 N–H and O–H groups in total. The summed E-state index contributed by atoms with van der Waals surface area (Å²) >= 11 is 0. The highest BCUT2D eigenvalue weighted by atomic mass is 16.5. The second-order valence-electron chi connectivity index (χ2n) is 7.10. The molecule has 0 atom stereocenters. The van der Waals surface area contributed by atoms with Gasteiger partial charge in [-0.15, -0.1) is 0 Å². The van der Waals surface area contributed by atoms with Gasteiger partial charge in [-0.1, -0.05) is 51.1 Å². The molecule has 2 aromatic rings. The Morgan fingerprint density at radius 3 is 2.36 bits per heavy atom. The maximum atomic E-state index is 12.0. The average molecular weight is 340 g/mol. The van der Waals surface area contributed by atoms with Crippen LogP contribution >= 0.6 is 0 Å². The zero-order valence-corrected chi connectivity index (χ0v) is 15.6. The lowest BCUT2D eigenvalue weighted by molar-refractivity contribution is -0.121. The minimum Gasteiger partial charge on any atom is -0.497 e. The Labute approximate surface area is 150 Å². The molecule has 2 aromatic carbocycles. The number of amides is 1. The van der Waals surface area contributed by atoms with Gasteiger partial charge in [0, 0.05) is 25.2 Å². The largest absolute Gasteiger partial charge is 0.497 e. The van der Waals surface area contributed by atoms with E-state index in [2.05, 4.69) is 43.5 Å². The van der Waals surface area contributed by atoms with Crippen molar-refractivity contribution in [3.05, 3.63) is 59.7 Å². The number of hydrogen-bond acceptors (Lipinski definition) is 3. The van der Waals surface area contributed by atoms with E-state index in [1.807, 2.05) is 36.4 Å². The summed E-state index contributed by atoms with van der Waals surface area (Å²) in [6.07, 6.45) is 0.439. The number of carbonyl (C=O) groups is 1. The molecule has 0 saturated carbocycles. The van der Waals surface area contributed by atoms with Crippen LogP contribution < -0.4 is 15.4 Å². The number of hydrogen-bond donors (Lipinski definition) is 2. The van der Waals surface area contributed by atoms with Crippen LogP contribution in [0.15, 0.2) is 48.5 Å². The highest BCUT2D eigenvalue weighted by Gasteiger charge is 2.17. The lowest BCUT2D eigenvalue weighted by atomic mass is 9.86. The van der Waals surface area contributed by atoms with Crippen LogP contribution in [-0.2, 0) is 16.8 Å². The second kappa shape index (κ2) is 8.56. The van der Waals surface area contributed by atoms with E-state index in [-0.39, 0.29) is 11.3 Å². The van der Waals surface area contributed by atoms with Crippen LogP contribution in [0.25, 0.3) is 0 Å². The van der Waals surface area contributed by atoms with Crippen LogP contribution in [0.5, 0.6) is 5.75 Å². The van der Waals surface area contributed by atoms with Crippen LogP contribution in [0.1, 0.15) is 38.3 Å². The molecule has 0 aliphatic heterocycles. The average Bonchev–Trinajstić information content (AvgIpc) is 2.60. The second-order valence-corrected chi connectivity index (χ2v) is 7.10. The van der Waals surface area contributed by atoms with Gasteiger partial charge in [-0.05, 0) is 34.7 Å². The first kappa shape index (κ1) is 18.8. The number of anilines is 1. The molecule has 4 heteroatoms. The van der Waals surface area contributed by atoms with Crippen molar-refractivity contribution in [2.75, 3.05) is 19.0 Å². The normalized spacial score (nSPS) is 11.0. The number of para-hydroxylation sites is 1. The summed E-state index contributed by atoms with van der Waals surface area (Å²) in [5.74, 6) is 0.855. The summed E-state index contributed by atoms with van der Waals surface area (Å²) in [5.41, 5.74) is 3.48. The van der Waals surface area contributed by atoms with Crippen LogP contribution in [-0.4, -0.2) is 19.6 Å². The van der Waals surface area contributed by atoms with E-state index in [1.54, 1.807) is 7.11 Å². The van der Waals surface area contributed by atoms with E-state index >= 15 is 0 Å². The van der Waals surface area contributed by atoms with Gasteiger partial charge in [0.25, 0.3) is 0 Å². The van der Waals surface area contributed by atoms with E-state index in [0.29, 0.717) is 19.5 Å². The third-order valence-electron chi connectivity index (χ3n) is 4.05. The lowest BCUT2D eigenvalue weighted by Crippen LogP contribution is -2.25. The van der Waals surface area contributed by atoms with Gasteiger partial charge in [-0.25, -0.2) is 0 Å². The molecule has 1 amide bonds. The van der Waals surface area contributed by atoms with Crippen molar-refractivity contribution < 1.29 is 9.53 Å². The van der Waals surface area contributed by atoms with Crippen molar-refractivity contribution in [3.8, 4) is 5.75 Å².